The smallest absolute Gasteiger partial charge is 0.231 e. The van der Waals surface area contributed by atoms with Crippen molar-refractivity contribution < 1.29 is 9.47 Å². The van der Waals surface area contributed by atoms with Crippen molar-refractivity contribution in [2.75, 3.05) is 12.1 Å². The molecule has 2 N–H and O–H groups in total. The molecule has 1 aliphatic heterocycles. The van der Waals surface area contributed by atoms with Crippen LogP contribution in [-0.2, 0) is 0 Å². The van der Waals surface area contributed by atoms with E-state index < -0.39 is 0 Å². The molecule has 0 radical (unpaired) electrons. The fraction of sp³-hybridized carbons (Fsp3) is 0.333. The summed E-state index contributed by atoms with van der Waals surface area (Å²) < 4.78 is 10.4. The minimum atomic E-state index is 0.00880. The summed E-state index contributed by atoms with van der Waals surface area (Å²) in [5.41, 5.74) is 6.90. The van der Waals surface area contributed by atoms with Gasteiger partial charge in [0.15, 0.2) is 11.5 Å². The van der Waals surface area contributed by atoms with Gasteiger partial charge in [-0.15, -0.1) is 0 Å². The third kappa shape index (κ3) is 1.64. The zero-order chi connectivity index (χ0) is 9.26. The Kier molecular flexibility index (Phi) is 2.42. The first-order valence-electron chi connectivity index (χ1n) is 4.02. The van der Waals surface area contributed by atoms with Gasteiger partial charge in [0.05, 0.1) is 0 Å². The summed E-state index contributed by atoms with van der Waals surface area (Å²) in [5, 5.41) is 0.743. The second kappa shape index (κ2) is 3.55. The van der Waals surface area contributed by atoms with Crippen molar-refractivity contribution in [2.45, 2.75) is 6.04 Å². The van der Waals surface area contributed by atoms with Crippen LogP contribution in [0.4, 0.5) is 0 Å². The molecule has 1 unspecified atom stereocenters. The van der Waals surface area contributed by atoms with E-state index >= 15 is 0 Å². The fourth-order valence-corrected chi connectivity index (χ4v) is 1.61. The van der Waals surface area contributed by atoms with E-state index in [0.29, 0.717) is 6.79 Å². The predicted molar refractivity (Wildman–Crippen MR) is 53.3 cm³/mol. The van der Waals surface area contributed by atoms with Crippen LogP contribution >= 0.6 is 15.9 Å². The van der Waals surface area contributed by atoms with Gasteiger partial charge in [-0.05, 0) is 17.7 Å². The summed E-state index contributed by atoms with van der Waals surface area (Å²) in [6.07, 6.45) is 0. The molecule has 0 fully saturated rings. The third-order valence-electron chi connectivity index (χ3n) is 1.99. The van der Waals surface area contributed by atoms with Gasteiger partial charge in [-0.3, -0.25) is 0 Å². The van der Waals surface area contributed by atoms with Gasteiger partial charge in [-0.25, -0.2) is 0 Å². The highest BCUT2D eigenvalue weighted by Crippen LogP contribution is 2.33. The molecule has 1 aromatic rings. The first-order chi connectivity index (χ1) is 6.31. The molecule has 70 valence electrons. The van der Waals surface area contributed by atoms with Gasteiger partial charge >= 0.3 is 0 Å². The number of benzene rings is 1. The average Bonchev–Trinajstić information content (AvgIpc) is 2.63. The van der Waals surface area contributed by atoms with E-state index in [1.165, 1.54) is 0 Å². The van der Waals surface area contributed by atoms with Gasteiger partial charge in [-0.2, -0.15) is 0 Å². The van der Waals surface area contributed by atoms with E-state index in [2.05, 4.69) is 15.9 Å². The fourth-order valence-electron chi connectivity index (χ4n) is 1.23. The standard InChI is InChI=1S/C9H10BrNO2/c10-4-7(11)6-1-2-8-9(3-6)13-5-12-8/h1-3,7H,4-5,11H2. The van der Waals surface area contributed by atoms with Crippen molar-refractivity contribution in [2.24, 2.45) is 5.73 Å². The molecule has 2 rings (SSSR count). The highest BCUT2D eigenvalue weighted by molar-refractivity contribution is 9.09. The molecule has 3 nitrogen and oxygen atoms in total. The van der Waals surface area contributed by atoms with E-state index in [4.69, 9.17) is 15.2 Å². The van der Waals surface area contributed by atoms with Crippen LogP contribution in [0.3, 0.4) is 0 Å². The summed E-state index contributed by atoms with van der Waals surface area (Å²) in [4.78, 5) is 0. The summed E-state index contributed by atoms with van der Waals surface area (Å²) in [5.74, 6) is 1.58. The first kappa shape index (κ1) is 8.84. The summed E-state index contributed by atoms with van der Waals surface area (Å²) in [6, 6.07) is 5.78. The largest absolute Gasteiger partial charge is 0.454 e. The normalized spacial score (nSPS) is 15.8. The van der Waals surface area contributed by atoms with Crippen molar-refractivity contribution >= 4 is 15.9 Å². The first-order valence-corrected chi connectivity index (χ1v) is 5.14. The Morgan fingerprint density at radius 2 is 2.15 bits per heavy atom. The summed E-state index contributed by atoms with van der Waals surface area (Å²) in [6.45, 7) is 0.308. The van der Waals surface area contributed by atoms with Crippen LogP contribution in [0, 0.1) is 0 Å². The monoisotopic (exact) mass is 243 g/mol. The van der Waals surface area contributed by atoms with Crippen molar-refractivity contribution in [1.82, 2.24) is 0 Å². The highest BCUT2D eigenvalue weighted by Gasteiger charge is 2.15. The van der Waals surface area contributed by atoms with E-state index in [1.54, 1.807) is 0 Å². The van der Waals surface area contributed by atoms with Crippen LogP contribution in [0.15, 0.2) is 18.2 Å². The Morgan fingerprint density at radius 1 is 1.38 bits per heavy atom. The van der Waals surface area contributed by atoms with Crippen LogP contribution in [0.2, 0.25) is 0 Å². The number of rotatable bonds is 2. The van der Waals surface area contributed by atoms with Crippen LogP contribution in [-0.4, -0.2) is 12.1 Å². The second-order valence-corrected chi connectivity index (χ2v) is 3.52. The number of nitrogens with two attached hydrogens (primary N) is 1. The topological polar surface area (TPSA) is 44.5 Å². The minimum absolute atomic E-state index is 0.00880. The molecule has 4 heteroatoms. The quantitative estimate of drug-likeness (QED) is 0.807. The number of ether oxygens (including phenoxy) is 2. The van der Waals surface area contributed by atoms with E-state index in [1.807, 2.05) is 18.2 Å². The lowest BCUT2D eigenvalue weighted by Gasteiger charge is -2.08. The lowest BCUT2D eigenvalue weighted by atomic mass is 10.1. The Hall–Kier alpha value is -0.740. The van der Waals surface area contributed by atoms with Crippen LogP contribution in [0.5, 0.6) is 11.5 Å². The molecule has 1 aliphatic rings. The lowest BCUT2D eigenvalue weighted by Crippen LogP contribution is -2.10. The average molecular weight is 244 g/mol. The Balaban J connectivity index is 2.30. The molecule has 0 bridgehead atoms. The molecule has 0 saturated heterocycles. The van der Waals surface area contributed by atoms with Gasteiger partial charge in [0, 0.05) is 11.4 Å². The predicted octanol–water partition coefficient (Wildman–Crippen LogP) is 1.81. The Labute approximate surface area is 85.0 Å². The highest BCUT2D eigenvalue weighted by atomic mass is 79.9. The van der Waals surface area contributed by atoms with E-state index in [9.17, 15) is 0 Å². The van der Waals surface area contributed by atoms with Crippen molar-refractivity contribution in [1.29, 1.82) is 0 Å². The van der Waals surface area contributed by atoms with E-state index in [-0.39, 0.29) is 6.04 Å². The zero-order valence-corrected chi connectivity index (χ0v) is 8.58. The minimum Gasteiger partial charge on any atom is -0.454 e. The number of hydrogen-bond acceptors (Lipinski definition) is 3. The zero-order valence-electron chi connectivity index (χ0n) is 7.00. The SMILES string of the molecule is NC(CBr)c1ccc2c(c1)OCO2. The van der Waals surface area contributed by atoms with Crippen molar-refractivity contribution in [3.05, 3.63) is 23.8 Å². The molecule has 0 saturated carbocycles. The molecule has 0 aromatic heterocycles. The summed E-state index contributed by atoms with van der Waals surface area (Å²) in [7, 11) is 0. The lowest BCUT2D eigenvalue weighted by molar-refractivity contribution is 0.174. The van der Waals surface area contributed by atoms with Crippen LogP contribution < -0.4 is 15.2 Å². The third-order valence-corrected chi connectivity index (χ3v) is 2.69. The Bertz CT molecular complexity index is 316. The molecular weight excluding hydrogens is 234 g/mol. The second-order valence-electron chi connectivity index (χ2n) is 2.87. The summed E-state index contributed by atoms with van der Waals surface area (Å²) >= 11 is 3.34. The van der Waals surface area contributed by atoms with Gasteiger partial charge in [0.1, 0.15) is 0 Å². The molecule has 1 aromatic carbocycles. The molecule has 0 spiro atoms. The molecule has 0 amide bonds. The maximum Gasteiger partial charge on any atom is 0.231 e. The van der Waals surface area contributed by atoms with Gasteiger partial charge in [-0.1, -0.05) is 22.0 Å². The van der Waals surface area contributed by atoms with Gasteiger partial charge in [0.2, 0.25) is 6.79 Å². The van der Waals surface area contributed by atoms with Gasteiger partial charge < -0.3 is 15.2 Å². The van der Waals surface area contributed by atoms with Crippen molar-refractivity contribution in [3.63, 3.8) is 0 Å². The van der Waals surface area contributed by atoms with E-state index in [0.717, 1.165) is 22.4 Å². The maximum atomic E-state index is 5.85. The number of fused-ring (bicyclic) bond motifs is 1. The Morgan fingerprint density at radius 3 is 2.92 bits per heavy atom. The molecule has 1 heterocycles. The van der Waals surface area contributed by atoms with Gasteiger partial charge in [0.25, 0.3) is 0 Å². The van der Waals surface area contributed by atoms with Crippen molar-refractivity contribution in [3.8, 4) is 11.5 Å². The van der Waals surface area contributed by atoms with Crippen LogP contribution in [0.25, 0.3) is 0 Å². The maximum absolute atomic E-state index is 5.85. The number of halogens is 1. The number of hydrogen-bond donors (Lipinski definition) is 1. The molecule has 0 aliphatic carbocycles. The number of alkyl halides is 1. The molecule has 13 heavy (non-hydrogen) atoms. The van der Waals surface area contributed by atoms with Crippen LogP contribution in [0.1, 0.15) is 11.6 Å². The molecule has 1 atom stereocenters. The molecular formula is C9H10BrNO2.